The quantitative estimate of drug-likeness (QED) is 0.421. The van der Waals surface area contributed by atoms with Crippen LogP contribution in [0.5, 0.6) is 0 Å². The minimum absolute atomic E-state index is 0.127. The largest absolute Gasteiger partial charge is 0.469 e. The van der Waals surface area contributed by atoms with Crippen LogP contribution in [0, 0.1) is 6.92 Å². The third-order valence-corrected chi connectivity index (χ3v) is 5.54. The summed E-state index contributed by atoms with van der Waals surface area (Å²) in [4.78, 5) is 16.6. The number of thiazole rings is 1. The molecule has 4 rings (SSSR count). The minimum atomic E-state index is -0.207. The summed E-state index contributed by atoms with van der Waals surface area (Å²) in [6.45, 7) is 1.81. The van der Waals surface area contributed by atoms with Crippen LogP contribution in [0.4, 0.5) is 5.13 Å². The number of nitrogens with one attached hydrogen (secondary N) is 1. The molecule has 10 heteroatoms. The number of amides is 1. The van der Waals surface area contributed by atoms with Crippen molar-refractivity contribution in [2.45, 2.75) is 12.1 Å². The van der Waals surface area contributed by atoms with Gasteiger partial charge in [-0.1, -0.05) is 35.5 Å². The van der Waals surface area contributed by atoms with E-state index in [1.807, 2.05) is 24.4 Å². The minimum Gasteiger partial charge on any atom is -0.469 e. The maximum atomic E-state index is 12.2. The Hall–Kier alpha value is -2.62. The number of aromatic nitrogens is 3. The predicted octanol–water partition coefficient (Wildman–Crippen LogP) is 5.15. The number of hydrogen-bond acceptors (Lipinski definition) is 8. The molecule has 0 spiro atoms. The fourth-order valence-electron chi connectivity index (χ4n) is 2.35. The lowest BCUT2D eigenvalue weighted by Crippen LogP contribution is -2.13. The molecule has 0 saturated carbocycles. The lowest BCUT2D eigenvalue weighted by molar-refractivity contribution is -0.113. The number of carbonyl (C=O) groups is 1. The van der Waals surface area contributed by atoms with Crippen molar-refractivity contribution >= 4 is 45.7 Å². The molecular weight excluding hydrogens is 420 g/mol. The number of benzene rings is 1. The van der Waals surface area contributed by atoms with E-state index in [0.29, 0.717) is 27.0 Å². The number of anilines is 1. The molecule has 1 aromatic carbocycles. The summed E-state index contributed by atoms with van der Waals surface area (Å²) in [5.41, 5.74) is 2.45. The van der Waals surface area contributed by atoms with Gasteiger partial charge < -0.3 is 14.2 Å². The molecule has 0 aliphatic heterocycles. The van der Waals surface area contributed by atoms with Crippen LogP contribution >= 0.6 is 34.7 Å². The topological polar surface area (TPSA) is 94.0 Å². The molecule has 0 bridgehead atoms. The van der Waals surface area contributed by atoms with Crippen molar-refractivity contribution in [3.63, 3.8) is 0 Å². The predicted molar refractivity (Wildman–Crippen MR) is 109 cm³/mol. The summed E-state index contributed by atoms with van der Waals surface area (Å²) >= 11 is 8.41. The summed E-state index contributed by atoms with van der Waals surface area (Å²) in [7, 11) is 0. The Bertz CT molecular complexity index is 1100. The van der Waals surface area contributed by atoms with Crippen molar-refractivity contribution in [3.8, 4) is 22.7 Å². The smallest absolute Gasteiger partial charge is 0.277 e. The first kappa shape index (κ1) is 18.7. The molecule has 28 heavy (non-hydrogen) atoms. The maximum Gasteiger partial charge on any atom is 0.277 e. The standard InChI is InChI=1S/C18H13ClN4O3S2/c1-10-13(6-7-25-10)16-22-23-18(26-16)28-9-15(24)21-17-20-14(8-27-17)11-2-4-12(19)5-3-11/h2-8H,9H2,1H3,(H,20,21,24). The number of rotatable bonds is 6. The van der Waals surface area contributed by atoms with E-state index in [2.05, 4.69) is 20.5 Å². The van der Waals surface area contributed by atoms with Crippen molar-refractivity contribution in [2.24, 2.45) is 0 Å². The first-order chi connectivity index (χ1) is 13.6. The summed E-state index contributed by atoms with van der Waals surface area (Å²) in [6.07, 6.45) is 1.56. The zero-order valence-corrected chi connectivity index (χ0v) is 16.9. The molecule has 4 aromatic rings. The fourth-order valence-corrected chi connectivity index (χ4v) is 3.78. The van der Waals surface area contributed by atoms with Crippen LogP contribution < -0.4 is 5.32 Å². The Morgan fingerprint density at radius 2 is 2.07 bits per heavy atom. The van der Waals surface area contributed by atoms with Crippen LogP contribution in [-0.2, 0) is 4.79 Å². The van der Waals surface area contributed by atoms with Crippen LogP contribution in [0.1, 0.15) is 5.76 Å². The van der Waals surface area contributed by atoms with Crippen LogP contribution in [0.25, 0.3) is 22.7 Å². The molecule has 1 amide bonds. The third kappa shape index (κ3) is 4.27. The SMILES string of the molecule is Cc1occc1-c1nnc(SCC(=O)Nc2nc(-c3ccc(Cl)cc3)cs2)o1. The van der Waals surface area contributed by atoms with Gasteiger partial charge in [-0.2, -0.15) is 0 Å². The normalized spacial score (nSPS) is 10.9. The Morgan fingerprint density at radius 3 is 2.82 bits per heavy atom. The maximum absolute atomic E-state index is 12.2. The van der Waals surface area contributed by atoms with Crippen molar-refractivity contribution in [3.05, 3.63) is 52.8 Å². The summed E-state index contributed by atoms with van der Waals surface area (Å²) in [5, 5.41) is 14.1. The Morgan fingerprint density at radius 1 is 1.25 bits per heavy atom. The molecule has 0 fully saturated rings. The van der Waals surface area contributed by atoms with Gasteiger partial charge in [0.2, 0.25) is 5.91 Å². The Kier molecular flexibility index (Phi) is 5.47. The van der Waals surface area contributed by atoms with Crippen molar-refractivity contribution in [1.82, 2.24) is 15.2 Å². The lowest BCUT2D eigenvalue weighted by atomic mass is 10.2. The van der Waals surface area contributed by atoms with E-state index in [9.17, 15) is 4.79 Å². The van der Waals surface area contributed by atoms with Gasteiger partial charge in [-0.3, -0.25) is 4.79 Å². The second-order valence-electron chi connectivity index (χ2n) is 5.65. The molecular formula is C18H13ClN4O3S2. The molecule has 0 atom stereocenters. The highest BCUT2D eigenvalue weighted by Gasteiger charge is 2.15. The highest BCUT2D eigenvalue weighted by Crippen LogP contribution is 2.28. The van der Waals surface area contributed by atoms with Gasteiger partial charge in [-0.25, -0.2) is 4.98 Å². The molecule has 0 aliphatic carbocycles. The van der Waals surface area contributed by atoms with Crippen LogP contribution in [0.15, 0.2) is 56.0 Å². The second-order valence-corrected chi connectivity index (χ2v) is 7.87. The number of aryl methyl sites for hydroxylation is 1. The average Bonchev–Trinajstić information content (AvgIpc) is 3.41. The van der Waals surface area contributed by atoms with Gasteiger partial charge in [0.25, 0.3) is 11.1 Å². The highest BCUT2D eigenvalue weighted by molar-refractivity contribution is 7.99. The third-order valence-electron chi connectivity index (χ3n) is 3.71. The number of nitrogens with zero attached hydrogens (tertiary/aromatic N) is 3. The van der Waals surface area contributed by atoms with E-state index in [1.54, 1.807) is 24.5 Å². The molecule has 7 nitrogen and oxygen atoms in total. The van der Waals surface area contributed by atoms with Crippen molar-refractivity contribution in [2.75, 3.05) is 11.1 Å². The zero-order valence-electron chi connectivity index (χ0n) is 14.5. The second kappa shape index (κ2) is 8.17. The number of furan rings is 1. The van der Waals surface area contributed by atoms with Crippen molar-refractivity contribution < 1.29 is 13.6 Å². The number of thioether (sulfide) groups is 1. The van der Waals surface area contributed by atoms with Gasteiger partial charge in [0, 0.05) is 16.0 Å². The first-order valence-corrected chi connectivity index (χ1v) is 10.3. The molecule has 1 N–H and O–H groups in total. The fraction of sp³-hybridized carbons (Fsp3) is 0.111. The summed E-state index contributed by atoms with van der Waals surface area (Å²) in [6, 6.07) is 9.12. The van der Waals surface area contributed by atoms with Gasteiger partial charge in [-0.05, 0) is 25.1 Å². The van der Waals surface area contributed by atoms with Gasteiger partial charge in [0.15, 0.2) is 5.13 Å². The van der Waals surface area contributed by atoms with E-state index in [1.165, 1.54) is 11.3 Å². The van der Waals surface area contributed by atoms with Gasteiger partial charge >= 0.3 is 0 Å². The first-order valence-electron chi connectivity index (χ1n) is 8.10. The molecule has 142 valence electrons. The van der Waals surface area contributed by atoms with E-state index < -0.39 is 0 Å². The monoisotopic (exact) mass is 432 g/mol. The van der Waals surface area contributed by atoms with Crippen LogP contribution in [-0.4, -0.2) is 26.8 Å². The van der Waals surface area contributed by atoms with Gasteiger partial charge in [0.05, 0.1) is 23.3 Å². The Balaban J connectivity index is 1.33. The lowest BCUT2D eigenvalue weighted by Gasteiger charge is -1.99. The zero-order chi connectivity index (χ0) is 19.5. The molecule has 0 unspecified atom stereocenters. The molecule has 3 aromatic heterocycles. The summed E-state index contributed by atoms with van der Waals surface area (Å²) in [5.74, 6) is 0.975. The Labute approximate surface area is 173 Å². The number of halogens is 1. The molecule has 0 radical (unpaired) electrons. The van der Waals surface area contributed by atoms with Crippen molar-refractivity contribution in [1.29, 1.82) is 0 Å². The molecule has 0 aliphatic rings. The average molecular weight is 433 g/mol. The summed E-state index contributed by atoms with van der Waals surface area (Å²) < 4.78 is 10.8. The van der Waals surface area contributed by atoms with Gasteiger partial charge in [0.1, 0.15) is 5.76 Å². The molecule has 3 heterocycles. The van der Waals surface area contributed by atoms with E-state index in [-0.39, 0.29) is 11.7 Å². The molecule has 0 saturated heterocycles. The van der Waals surface area contributed by atoms with Crippen LogP contribution in [0.3, 0.4) is 0 Å². The van der Waals surface area contributed by atoms with E-state index >= 15 is 0 Å². The number of hydrogen-bond donors (Lipinski definition) is 1. The van der Waals surface area contributed by atoms with E-state index in [4.69, 9.17) is 20.4 Å². The highest BCUT2D eigenvalue weighted by atomic mass is 35.5. The van der Waals surface area contributed by atoms with E-state index in [0.717, 1.165) is 28.6 Å². The van der Waals surface area contributed by atoms with Crippen LogP contribution in [0.2, 0.25) is 5.02 Å². The number of carbonyl (C=O) groups excluding carboxylic acids is 1. The van der Waals surface area contributed by atoms with Gasteiger partial charge in [-0.15, -0.1) is 21.5 Å².